The van der Waals surface area contributed by atoms with Gasteiger partial charge in [-0.1, -0.05) is 18.2 Å². The third-order valence-corrected chi connectivity index (χ3v) is 5.43. The van der Waals surface area contributed by atoms with Gasteiger partial charge in [-0.05, 0) is 36.1 Å². The molecule has 3 rings (SSSR count). The largest absolute Gasteiger partial charge is 0.255 e. The molecule has 0 unspecified atom stereocenters. The molecule has 6 heteroatoms. The van der Waals surface area contributed by atoms with Crippen molar-refractivity contribution in [3.63, 3.8) is 0 Å². The van der Waals surface area contributed by atoms with Gasteiger partial charge in [0.25, 0.3) is 0 Å². The van der Waals surface area contributed by atoms with E-state index < -0.39 is 10.0 Å². The lowest BCUT2D eigenvalue weighted by Gasteiger charge is -2.08. The Balaban J connectivity index is 1.98. The summed E-state index contributed by atoms with van der Waals surface area (Å²) < 4.78 is 27.6. The fourth-order valence-electron chi connectivity index (χ4n) is 2.12. The van der Waals surface area contributed by atoms with Gasteiger partial charge in [-0.3, -0.25) is 4.98 Å². The molecule has 0 aliphatic rings. The molecule has 3 aromatic rings. The number of aromatic nitrogens is 1. The number of benzene rings is 1. The van der Waals surface area contributed by atoms with Crippen LogP contribution in [0.4, 0.5) is 0 Å². The SMILES string of the molecule is Cc1cnc2c(S(=O)(=O)NCc3cccs3)cccc2c1. The third-order valence-electron chi connectivity index (χ3n) is 3.12. The van der Waals surface area contributed by atoms with E-state index in [1.54, 1.807) is 18.3 Å². The van der Waals surface area contributed by atoms with E-state index in [9.17, 15) is 8.42 Å². The van der Waals surface area contributed by atoms with Gasteiger partial charge in [-0.25, -0.2) is 13.1 Å². The second kappa shape index (κ2) is 5.55. The Kier molecular flexibility index (Phi) is 3.75. The predicted octanol–water partition coefficient (Wildman–Crippen LogP) is 3.08. The average Bonchev–Trinajstić information content (AvgIpc) is 2.97. The van der Waals surface area contributed by atoms with Crippen LogP contribution in [0.5, 0.6) is 0 Å². The summed E-state index contributed by atoms with van der Waals surface area (Å²) in [6.45, 7) is 2.23. The van der Waals surface area contributed by atoms with Crippen molar-refractivity contribution in [3.05, 3.63) is 58.4 Å². The number of pyridine rings is 1. The van der Waals surface area contributed by atoms with Crippen molar-refractivity contribution >= 4 is 32.3 Å². The van der Waals surface area contributed by atoms with Gasteiger partial charge in [0.2, 0.25) is 10.0 Å². The van der Waals surface area contributed by atoms with Crippen LogP contribution in [0.25, 0.3) is 10.9 Å². The van der Waals surface area contributed by atoms with Crippen LogP contribution in [0.2, 0.25) is 0 Å². The van der Waals surface area contributed by atoms with Gasteiger partial charge in [-0.15, -0.1) is 11.3 Å². The van der Waals surface area contributed by atoms with E-state index in [1.165, 1.54) is 11.3 Å². The number of para-hydroxylation sites is 1. The van der Waals surface area contributed by atoms with Crippen molar-refractivity contribution < 1.29 is 8.42 Å². The van der Waals surface area contributed by atoms with E-state index in [0.29, 0.717) is 12.1 Å². The maximum absolute atomic E-state index is 12.5. The Hall–Kier alpha value is -1.76. The minimum Gasteiger partial charge on any atom is -0.255 e. The molecule has 0 saturated heterocycles. The fourth-order valence-corrected chi connectivity index (χ4v) is 4.04. The minimum absolute atomic E-state index is 0.219. The molecule has 1 N–H and O–H groups in total. The smallest absolute Gasteiger partial charge is 0.243 e. The molecule has 1 aromatic carbocycles. The van der Waals surface area contributed by atoms with Crippen LogP contribution >= 0.6 is 11.3 Å². The maximum atomic E-state index is 12.5. The lowest BCUT2D eigenvalue weighted by molar-refractivity contribution is 0.582. The van der Waals surface area contributed by atoms with Crippen molar-refractivity contribution in [2.24, 2.45) is 0 Å². The van der Waals surface area contributed by atoms with Crippen LogP contribution in [0.15, 0.2) is 52.9 Å². The summed E-state index contributed by atoms with van der Waals surface area (Å²) in [5, 5.41) is 2.75. The van der Waals surface area contributed by atoms with Gasteiger partial charge < -0.3 is 0 Å². The summed E-state index contributed by atoms with van der Waals surface area (Å²) in [4.78, 5) is 5.47. The van der Waals surface area contributed by atoms with Gasteiger partial charge in [0.05, 0.1) is 5.52 Å². The molecule has 0 saturated carbocycles. The van der Waals surface area contributed by atoms with Crippen LogP contribution in [0.3, 0.4) is 0 Å². The van der Waals surface area contributed by atoms with Gasteiger partial charge >= 0.3 is 0 Å². The summed E-state index contributed by atoms with van der Waals surface area (Å²) in [6.07, 6.45) is 1.68. The normalized spacial score (nSPS) is 11.9. The molecule has 0 atom stereocenters. The first-order valence-corrected chi connectivity index (χ1v) is 8.80. The standard InChI is InChI=1S/C15H14N2O2S2/c1-11-8-12-4-2-6-14(15(12)16-9-11)21(18,19)17-10-13-5-3-7-20-13/h2-9,17H,10H2,1H3. The van der Waals surface area contributed by atoms with E-state index in [2.05, 4.69) is 9.71 Å². The van der Waals surface area contributed by atoms with Crippen LogP contribution in [0, 0.1) is 6.92 Å². The molecule has 0 aliphatic heterocycles. The summed E-state index contributed by atoms with van der Waals surface area (Å²) in [6, 6.07) is 10.9. The third kappa shape index (κ3) is 2.97. The second-order valence-electron chi connectivity index (χ2n) is 4.74. The molecule has 108 valence electrons. The van der Waals surface area contributed by atoms with Crippen molar-refractivity contribution in [1.29, 1.82) is 0 Å². The van der Waals surface area contributed by atoms with Crippen LogP contribution in [-0.4, -0.2) is 13.4 Å². The zero-order chi connectivity index (χ0) is 14.9. The Morgan fingerprint density at radius 3 is 2.86 bits per heavy atom. The number of nitrogens with zero attached hydrogens (tertiary/aromatic N) is 1. The molecular formula is C15H14N2O2S2. The first-order chi connectivity index (χ1) is 10.1. The number of fused-ring (bicyclic) bond motifs is 1. The molecule has 2 aromatic heterocycles. The van der Waals surface area contributed by atoms with Crippen LogP contribution in [-0.2, 0) is 16.6 Å². The monoisotopic (exact) mass is 318 g/mol. The second-order valence-corrected chi connectivity index (χ2v) is 7.51. The molecule has 4 nitrogen and oxygen atoms in total. The highest BCUT2D eigenvalue weighted by molar-refractivity contribution is 7.89. The molecule has 0 bridgehead atoms. The van der Waals surface area contributed by atoms with E-state index in [0.717, 1.165) is 15.8 Å². The first kappa shape index (κ1) is 14.2. The lowest BCUT2D eigenvalue weighted by Crippen LogP contribution is -2.23. The lowest BCUT2D eigenvalue weighted by atomic mass is 10.2. The summed E-state index contributed by atoms with van der Waals surface area (Å²) in [7, 11) is -3.58. The zero-order valence-corrected chi connectivity index (χ0v) is 13.0. The van der Waals surface area contributed by atoms with Gasteiger partial charge in [0.15, 0.2) is 0 Å². The molecule has 21 heavy (non-hydrogen) atoms. The summed E-state index contributed by atoms with van der Waals surface area (Å²) in [5.41, 5.74) is 1.50. The van der Waals surface area contributed by atoms with Crippen molar-refractivity contribution in [1.82, 2.24) is 9.71 Å². The van der Waals surface area contributed by atoms with E-state index in [1.807, 2.05) is 36.6 Å². The molecule has 2 heterocycles. The number of thiophene rings is 1. The predicted molar refractivity (Wildman–Crippen MR) is 84.8 cm³/mol. The van der Waals surface area contributed by atoms with Crippen molar-refractivity contribution in [2.45, 2.75) is 18.4 Å². The quantitative estimate of drug-likeness (QED) is 0.804. The molecule has 0 radical (unpaired) electrons. The summed E-state index contributed by atoms with van der Waals surface area (Å²) >= 11 is 1.52. The van der Waals surface area contributed by atoms with E-state index in [-0.39, 0.29) is 4.90 Å². The highest BCUT2D eigenvalue weighted by Gasteiger charge is 2.18. The Bertz CT molecular complexity index is 872. The maximum Gasteiger partial charge on any atom is 0.243 e. The van der Waals surface area contributed by atoms with Crippen LogP contribution in [0.1, 0.15) is 10.4 Å². The number of aryl methyl sites for hydroxylation is 1. The molecular weight excluding hydrogens is 304 g/mol. The van der Waals surface area contributed by atoms with E-state index in [4.69, 9.17) is 0 Å². The highest BCUT2D eigenvalue weighted by Crippen LogP contribution is 2.22. The zero-order valence-electron chi connectivity index (χ0n) is 11.4. The number of nitrogens with one attached hydrogen (secondary N) is 1. The van der Waals surface area contributed by atoms with Gasteiger partial charge in [-0.2, -0.15) is 0 Å². The molecule has 0 aliphatic carbocycles. The fraction of sp³-hybridized carbons (Fsp3) is 0.133. The topological polar surface area (TPSA) is 59.1 Å². The molecule has 0 amide bonds. The molecule has 0 spiro atoms. The van der Waals surface area contributed by atoms with Crippen molar-refractivity contribution in [2.75, 3.05) is 0 Å². The highest BCUT2D eigenvalue weighted by atomic mass is 32.2. The number of hydrogen-bond acceptors (Lipinski definition) is 4. The Labute approximate surface area is 127 Å². The number of sulfonamides is 1. The minimum atomic E-state index is -3.58. The van der Waals surface area contributed by atoms with E-state index >= 15 is 0 Å². The number of hydrogen-bond donors (Lipinski definition) is 1. The Morgan fingerprint density at radius 1 is 1.24 bits per heavy atom. The summed E-state index contributed by atoms with van der Waals surface area (Å²) in [5.74, 6) is 0. The first-order valence-electron chi connectivity index (χ1n) is 6.44. The molecule has 0 fully saturated rings. The van der Waals surface area contributed by atoms with Crippen LogP contribution < -0.4 is 4.72 Å². The average molecular weight is 318 g/mol. The van der Waals surface area contributed by atoms with Crippen molar-refractivity contribution in [3.8, 4) is 0 Å². The Morgan fingerprint density at radius 2 is 2.10 bits per heavy atom. The van der Waals surface area contributed by atoms with Gasteiger partial charge in [0.1, 0.15) is 4.90 Å². The number of rotatable bonds is 4. The van der Waals surface area contributed by atoms with Gasteiger partial charge in [0, 0.05) is 23.0 Å².